The lowest BCUT2D eigenvalue weighted by molar-refractivity contribution is 0.930. The summed E-state index contributed by atoms with van der Waals surface area (Å²) in [5.41, 5.74) is 0.861. The Hall–Kier alpha value is 0.900. The number of rotatable bonds is 2. The fourth-order valence-electron chi connectivity index (χ4n) is 0.750. The highest BCUT2D eigenvalue weighted by Crippen LogP contribution is 2.57. The molecule has 0 spiro atoms. The summed E-state index contributed by atoms with van der Waals surface area (Å²) in [7, 11) is 0. The van der Waals surface area contributed by atoms with E-state index in [1.54, 1.807) is 0 Å². The van der Waals surface area contributed by atoms with E-state index < -0.39 is 4.33 Å². The van der Waals surface area contributed by atoms with Crippen molar-refractivity contribution < 1.29 is 0 Å². The van der Waals surface area contributed by atoms with Gasteiger partial charge >= 0.3 is 0 Å². The molecule has 0 aliphatic heterocycles. The fraction of sp³-hybridized carbons (Fsp3) is 0.667. The Bertz CT molecular complexity index is 180. The van der Waals surface area contributed by atoms with Crippen LogP contribution in [0.5, 0.6) is 0 Å². The van der Waals surface area contributed by atoms with E-state index >= 15 is 0 Å². The second-order valence-electron chi connectivity index (χ2n) is 2.35. The normalized spacial score (nSPS) is 24.9. The third-order valence-electron chi connectivity index (χ3n) is 1.34. The minimum absolute atomic E-state index is 0.0446. The Morgan fingerprint density at radius 2 is 1.90 bits per heavy atom. The van der Waals surface area contributed by atoms with Crippen LogP contribution < -0.4 is 0 Å². The highest BCUT2D eigenvalue weighted by atomic mass is 35.5. The van der Waals surface area contributed by atoms with Crippen LogP contribution in [-0.2, 0) is 0 Å². The van der Waals surface area contributed by atoms with Crippen molar-refractivity contribution >= 4 is 46.4 Å². The van der Waals surface area contributed by atoms with Crippen LogP contribution in [0.2, 0.25) is 0 Å². The topological polar surface area (TPSA) is 0 Å². The zero-order valence-electron chi connectivity index (χ0n) is 5.30. The van der Waals surface area contributed by atoms with Gasteiger partial charge in [-0.2, -0.15) is 0 Å². The van der Waals surface area contributed by atoms with Crippen LogP contribution in [0.15, 0.2) is 10.6 Å². The first kappa shape index (κ1) is 8.99. The SMILES string of the molecule is CC(Cl)CC1=C(Cl)C1(Cl)Cl. The molecular weight excluding hydrogens is 214 g/mol. The monoisotopic (exact) mass is 218 g/mol. The molecule has 1 aliphatic carbocycles. The van der Waals surface area contributed by atoms with Crippen molar-refractivity contribution in [3.05, 3.63) is 10.6 Å². The summed E-state index contributed by atoms with van der Waals surface area (Å²) in [6.45, 7) is 1.88. The molecule has 0 aromatic rings. The summed E-state index contributed by atoms with van der Waals surface area (Å²) in [4.78, 5) is 0. The molecule has 0 N–H and O–H groups in total. The Morgan fingerprint density at radius 3 is 2.00 bits per heavy atom. The maximum atomic E-state index is 5.70. The lowest BCUT2D eigenvalue weighted by atomic mass is 10.3. The van der Waals surface area contributed by atoms with E-state index in [1.165, 1.54) is 0 Å². The second kappa shape index (κ2) is 2.75. The maximum Gasteiger partial charge on any atom is 0.176 e. The van der Waals surface area contributed by atoms with Crippen molar-refractivity contribution in [1.82, 2.24) is 0 Å². The molecule has 0 heterocycles. The number of allylic oxidation sites excluding steroid dienone is 2. The van der Waals surface area contributed by atoms with Crippen LogP contribution in [0.3, 0.4) is 0 Å². The molecule has 1 atom stereocenters. The number of alkyl halides is 3. The van der Waals surface area contributed by atoms with Gasteiger partial charge in [0.1, 0.15) is 0 Å². The van der Waals surface area contributed by atoms with E-state index in [2.05, 4.69) is 0 Å². The molecule has 4 heteroatoms. The number of hydrogen-bond donors (Lipinski definition) is 0. The van der Waals surface area contributed by atoms with Crippen molar-refractivity contribution in [3.63, 3.8) is 0 Å². The van der Waals surface area contributed by atoms with Gasteiger partial charge in [-0.15, -0.1) is 11.6 Å². The third-order valence-corrected chi connectivity index (χ3v) is 3.04. The van der Waals surface area contributed by atoms with Crippen LogP contribution >= 0.6 is 46.4 Å². The Kier molecular flexibility index (Phi) is 2.47. The van der Waals surface area contributed by atoms with Gasteiger partial charge in [-0.1, -0.05) is 34.8 Å². The van der Waals surface area contributed by atoms with E-state index in [4.69, 9.17) is 46.4 Å². The van der Waals surface area contributed by atoms with E-state index in [0.29, 0.717) is 11.5 Å². The smallest absolute Gasteiger partial charge is 0.123 e. The maximum absolute atomic E-state index is 5.70. The molecule has 0 aromatic carbocycles. The standard InChI is InChI=1S/C6H6Cl4/c1-3(7)2-4-5(8)6(4,9)10/h3H,2H2,1H3. The Labute approximate surface area is 80.1 Å². The van der Waals surface area contributed by atoms with Crippen LogP contribution in [0, 0.1) is 0 Å². The molecule has 10 heavy (non-hydrogen) atoms. The minimum Gasteiger partial charge on any atom is -0.123 e. The van der Waals surface area contributed by atoms with Gasteiger partial charge in [0, 0.05) is 5.38 Å². The zero-order valence-corrected chi connectivity index (χ0v) is 8.32. The highest BCUT2D eigenvalue weighted by Gasteiger charge is 2.49. The summed E-state index contributed by atoms with van der Waals surface area (Å²) in [6.07, 6.45) is 0.674. The predicted molar refractivity (Wildman–Crippen MR) is 47.2 cm³/mol. The molecule has 0 saturated heterocycles. The average molecular weight is 220 g/mol. The van der Waals surface area contributed by atoms with Crippen molar-refractivity contribution in [2.45, 2.75) is 23.1 Å². The third kappa shape index (κ3) is 1.55. The molecule has 0 saturated carbocycles. The second-order valence-corrected chi connectivity index (χ2v) is 4.80. The van der Waals surface area contributed by atoms with Gasteiger partial charge in [0.25, 0.3) is 0 Å². The largest absolute Gasteiger partial charge is 0.176 e. The molecule has 0 radical (unpaired) electrons. The van der Waals surface area contributed by atoms with Gasteiger partial charge in [0.15, 0.2) is 4.33 Å². The lowest BCUT2D eigenvalue weighted by Crippen LogP contribution is -1.96. The van der Waals surface area contributed by atoms with Crippen LogP contribution in [0.1, 0.15) is 13.3 Å². The van der Waals surface area contributed by atoms with Crippen molar-refractivity contribution in [3.8, 4) is 0 Å². The summed E-state index contributed by atoms with van der Waals surface area (Å²) in [5, 5.41) is 0.589. The van der Waals surface area contributed by atoms with Crippen molar-refractivity contribution in [2.24, 2.45) is 0 Å². The van der Waals surface area contributed by atoms with Gasteiger partial charge in [0.05, 0.1) is 5.03 Å². The van der Waals surface area contributed by atoms with E-state index in [-0.39, 0.29) is 5.38 Å². The molecule has 1 aliphatic rings. The lowest BCUT2D eigenvalue weighted by Gasteiger charge is -1.99. The summed E-state index contributed by atoms with van der Waals surface area (Å²) < 4.78 is -0.884. The first-order chi connectivity index (χ1) is 4.46. The molecule has 58 valence electrons. The average Bonchev–Trinajstić information content (AvgIpc) is 2.17. The predicted octanol–water partition coefficient (Wildman–Crippen LogP) is 3.68. The van der Waals surface area contributed by atoms with Crippen molar-refractivity contribution in [2.75, 3.05) is 0 Å². The first-order valence-electron chi connectivity index (χ1n) is 2.87. The summed E-state index contributed by atoms with van der Waals surface area (Å²) in [6, 6.07) is 0. The number of hydrogen-bond acceptors (Lipinski definition) is 0. The molecular formula is C6H6Cl4. The molecule has 0 aromatic heterocycles. The van der Waals surface area contributed by atoms with Crippen LogP contribution in [0.25, 0.3) is 0 Å². The first-order valence-corrected chi connectivity index (χ1v) is 4.44. The van der Waals surface area contributed by atoms with Gasteiger partial charge in [-0.05, 0) is 18.9 Å². The zero-order chi connectivity index (χ0) is 7.94. The van der Waals surface area contributed by atoms with Crippen LogP contribution in [0.4, 0.5) is 0 Å². The fourth-order valence-corrected chi connectivity index (χ4v) is 1.76. The van der Waals surface area contributed by atoms with Gasteiger partial charge < -0.3 is 0 Å². The molecule has 0 amide bonds. The molecule has 0 nitrogen and oxygen atoms in total. The minimum atomic E-state index is -0.884. The van der Waals surface area contributed by atoms with E-state index in [9.17, 15) is 0 Å². The molecule has 1 rings (SSSR count). The van der Waals surface area contributed by atoms with E-state index in [0.717, 1.165) is 5.57 Å². The quantitative estimate of drug-likeness (QED) is 0.622. The number of halogens is 4. The summed E-state index contributed by atoms with van der Waals surface area (Å²) >= 11 is 22.7. The van der Waals surface area contributed by atoms with Gasteiger partial charge in [-0.3, -0.25) is 0 Å². The summed E-state index contributed by atoms with van der Waals surface area (Å²) in [5.74, 6) is 0. The van der Waals surface area contributed by atoms with E-state index in [1.807, 2.05) is 6.92 Å². The van der Waals surface area contributed by atoms with Crippen molar-refractivity contribution in [1.29, 1.82) is 0 Å². The highest BCUT2D eigenvalue weighted by molar-refractivity contribution is 6.63. The van der Waals surface area contributed by atoms with Gasteiger partial charge in [0.2, 0.25) is 0 Å². The van der Waals surface area contributed by atoms with Gasteiger partial charge in [-0.25, -0.2) is 0 Å². The molecule has 1 unspecified atom stereocenters. The molecule has 0 fully saturated rings. The van der Waals surface area contributed by atoms with Crippen LogP contribution in [-0.4, -0.2) is 9.71 Å². The molecule has 0 bridgehead atoms. The Balaban J connectivity index is 2.47. The Morgan fingerprint density at radius 1 is 1.50 bits per heavy atom.